The SMILES string of the molecule is O=C(CCc1ccccc1)N1CCC(O)(CN2C=Nc3cc(NCc4ccco4)ccc3C2O)CC1. The lowest BCUT2D eigenvalue weighted by Gasteiger charge is -2.42. The van der Waals surface area contributed by atoms with Crippen molar-refractivity contribution in [3.63, 3.8) is 0 Å². The highest BCUT2D eigenvalue weighted by Crippen LogP contribution is 2.35. The van der Waals surface area contributed by atoms with Gasteiger partial charge in [-0.05, 0) is 49.1 Å². The van der Waals surface area contributed by atoms with E-state index < -0.39 is 11.8 Å². The van der Waals surface area contributed by atoms with Gasteiger partial charge in [0, 0.05) is 30.8 Å². The fourth-order valence-electron chi connectivity index (χ4n) is 4.82. The Morgan fingerprint density at radius 3 is 2.67 bits per heavy atom. The second kappa shape index (κ2) is 10.6. The molecule has 36 heavy (non-hydrogen) atoms. The first-order valence-corrected chi connectivity index (χ1v) is 12.4. The summed E-state index contributed by atoms with van der Waals surface area (Å²) in [5.41, 5.74) is 2.42. The zero-order valence-corrected chi connectivity index (χ0v) is 20.2. The van der Waals surface area contributed by atoms with E-state index in [-0.39, 0.29) is 12.5 Å². The van der Waals surface area contributed by atoms with Gasteiger partial charge in [0.15, 0.2) is 6.23 Å². The van der Waals surface area contributed by atoms with Gasteiger partial charge < -0.3 is 29.7 Å². The van der Waals surface area contributed by atoms with Crippen LogP contribution in [0.25, 0.3) is 0 Å². The lowest BCUT2D eigenvalue weighted by molar-refractivity contribution is -0.136. The molecule has 3 aromatic rings. The van der Waals surface area contributed by atoms with Gasteiger partial charge in [-0.2, -0.15) is 0 Å². The van der Waals surface area contributed by atoms with Crippen molar-refractivity contribution in [3.8, 4) is 0 Å². The number of aryl methyl sites for hydroxylation is 1. The number of carbonyl (C=O) groups is 1. The normalized spacial score (nSPS) is 18.7. The molecule has 0 aliphatic carbocycles. The molecule has 0 radical (unpaired) electrons. The number of nitrogens with one attached hydrogen (secondary N) is 1. The molecule has 0 saturated carbocycles. The molecular weight excluding hydrogens is 456 g/mol. The topological polar surface area (TPSA) is 102 Å². The Labute approximate surface area is 210 Å². The molecule has 0 spiro atoms. The highest BCUT2D eigenvalue weighted by Gasteiger charge is 2.37. The number of anilines is 1. The Hall–Kier alpha value is -3.62. The van der Waals surface area contributed by atoms with E-state index in [1.807, 2.05) is 65.6 Å². The smallest absolute Gasteiger partial charge is 0.222 e. The number of aliphatic imine (C=N–C) groups is 1. The van der Waals surface area contributed by atoms with Crippen molar-refractivity contribution in [1.29, 1.82) is 0 Å². The molecule has 2 aromatic carbocycles. The summed E-state index contributed by atoms with van der Waals surface area (Å²) in [7, 11) is 0. The number of piperidine rings is 1. The summed E-state index contributed by atoms with van der Waals surface area (Å²) >= 11 is 0. The van der Waals surface area contributed by atoms with E-state index >= 15 is 0 Å². The van der Waals surface area contributed by atoms with Crippen molar-refractivity contribution in [2.75, 3.05) is 25.0 Å². The third kappa shape index (κ3) is 5.61. The average molecular weight is 489 g/mol. The van der Waals surface area contributed by atoms with Crippen LogP contribution in [0.2, 0.25) is 0 Å². The van der Waals surface area contributed by atoms with E-state index in [9.17, 15) is 15.0 Å². The number of likely N-dealkylation sites (tertiary alicyclic amines) is 1. The fraction of sp³-hybridized carbons (Fsp3) is 0.357. The molecule has 8 heteroatoms. The van der Waals surface area contributed by atoms with Crippen LogP contribution in [0.3, 0.4) is 0 Å². The van der Waals surface area contributed by atoms with E-state index in [0.717, 1.165) is 23.4 Å². The maximum absolute atomic E-state index is 12.7. The van der Waals surface area contributed by atoms with Crippen LogP contribution in [0.15, 0.2) is 76.3 Å². The Bertz CT molecular complexity index is 1190. The molecule has 1 fully saturated rings. The molecule has 2 aliphatic rings. The monoisotopic (exact) mass is 488 g/mol. The quantitative estimate of drug-likeness (QED) is 0.445. The van der Waals surface area contributed by atoms with Crippen molar-refractivity contribution in [2.45, 2.75) is 44.1 Å². The number of nitrogens with zero attached hydrogens (tertiary/aromatic N) is 3. The van der Waals surface area contributed by atoms with E-state index in [1.165, 1.54) is 0 Å². The van der Waals surface area contributed by atoms with Gasteiger partial charge in [0.1, 0.15) is 5.76 Å². The maximum atomic E-state index is 12.7. The summed E-state index contributed by atoms with van der Waals surface area (Å²) in [5.74, 6) is 0.950. The number of hydrogen-bond donors (Lipinski definition) is 3. The number of benzene rings is 2. The van der Waals surface area contributed by atoms with Crippen LogP contribution >= 0.6 is 0 Å². The number of amides is 1. The number of fused-ring (bicyclic) bond motifs is 1. The van der Waals surface area contributed by atoms with Gasteiger partial charge in [0.05, 0.1) is 37.0 Å². The summed E-state index contributed by atoms with van der Waals surface area (Å²) in [6.07, 6.45) is 4.45. The number of furan rings is 1. The Morgan fingerprint density at radius 2 is 1.92 bits per heavy atom. The Balaban J connectivity index is 1.13. The molecule has 3 heterocycles. The Kier molecular flexibility index (Phi) is 7.06. The molecule has 3 N–H and O–H groups in total. The number of aliphatic hydroxyl groups is 2. The molecule has 1 aromatic heterocycles. The average Bonchev–Trinajstić information content (AvgIpc) is 3.42. The maximum Gasteiger partial charge on any atom is 0.222 e. The number of carbonyl (C=O) groups excluding carboxylic acids is 1. The van der Waals surface area contributed by atoms with Crippen LogP contribution in [0.1, 0.15) is 42.4 Å². The highest BCUT2D eigenvalue weighted by atomic mass is 16.3. The van der Waals surface area contributed by atoms with Crippen molar-refractivity contribution in [3.05, 3.63) is 83.8 Å². The van der Waals surface area contributed by atoms with E-state index in [4.69, 9.17) is 4.42 Å². The van der Waals surface area contributed by atoms with E-state index in [1.54, 1.807) is 17.5 Å². The first-order valence-electron chi connectivity index (χ1n) is 12.4. The number of β-amino-alcohol motifs (C(OH)–C–C–N with tert-alkyl or cyclic N) is 1. The standard InChI is InChI=1S/C28H32N4O4/c33-26(11-8-21-5-2-1-3-6-21)31-14-12-28(35,13-15-31)19-32-20-30-25-17-22(9-10-24(25)27(32)34)29-18-23-7-4-16-36-23/h1-7,9-10,16-17,20,27,29,34-35H,8,11-15,18-19H2. The number of hydrogen-bond acceptors (Lipinski definition) is 7. The van der Waals surface area contributed by atoms with Crippen molar-refractivity contribution >= 4 is 23.6 Å². The minimum absolute atomic E-state index is 0.117. The summed E-state index contributed by atoms with van der Waals surface area (Å²) in [4.78, 5) is 20.7. The zero-order chi connectivity index (χ0) is 25.0. The lowest BCUT2D eigenvalue weighted by atomic mass is 9.90. The summed E-state index contributed by atoms with van der Waals surface area (Å²) in [6.45, 7) is 1.82. The molecule has 1 unspecified atom stereocenters. The highest BCUT2D eigenvalue weighted by molar-refractivity contribution is 5.76. The third-order valence-corrected chi connectivity index (χ3v) is 7.01. The number of rotatable bonds is 8. The van der Waals surface area contributed by atoms with Crippen molar-refractivity contribution in [2.24, 2.45) is 4.99 Å². The fourth-order valence-corrected chi connectivity index (χ4v) is 4.82. The number of aliphatic hydroxyl groups excluding tert-OH is 1. The second-order valence-corrected chi connectivity index (χ2v) is 9.59. The van der Waals surface area contributed by atoms with Gasteiger partial charge in [0.2, 0.25) is 5.91 Å². The molecule has 2 aliphatic heterocycles. The molecule has 5 rings (SSSR count). The minimum atomic E-state index is -0.995. The summed E-state index contributed by atoms with van der Waals surface area (Å²) in [6, 6.07) is 19.4. The van der Waals surface area contributed by atoms with Gasteiger partial charge in [-0.3, -0.25) is 4.79 Å². The van der Waals surface area contributed by atoms with Crippen molar-refractivity contribution < 1.29 is 19.4 Å². The summed E-state index contributed by atoms with van der Waals surface area (Å²) in [5, 5.41) is 25.5. The van der Waals surface area contributed by atoms with Crippen LogP contribution < -0.4 is 5.32 Å². The van der Waals surface area contributed by atoms with Gasteiger partial charge in [0.25, 0.3) is 0 Å². The molecule has 1 atom stereocenters. The third-order valence-electron chi connectivity index (χ3n) is 7.01. The van der Waals surface area contributed by atoms with E-state index in [0.29, 0.717) is 50.1 Å². The van der Waals surface area contributed by atoms with Crippen LogP contribution in [-0.4, -0.2) is 57.5 Å². The van der Waals surface area contributed by atoms with Gasteiger partial charge in [-0.15, -0.1) is 0 Å². The molecule has 188 valence electrons. The zero-order valence-electron chi connectivity index (χ0n) is 20.2. The summed E-state index contributed by atoms with van der Waals surface area (Å²) < 4.78 is 5.35. The predicted molar refractivity (Wildman–Crippen MR) is 138 cm³/mol. The van der Waals surface area contributed by atoms with Gasteiger partial charge in [-0.1, -0.05) is 36.4 Å². The predicted octanol–water partition coefficient (Wildman–Crippen LogP) is 3.84. The van der Waals surface area contributed by atoms with Crippen LogP contribution in [0.5, 0.6) is 0 Å². The van der Waals surface area contributed by atoms with Crippen molar-refractivity contribution in [1.82, 2.24) is 9.80 Å². The molecule has 8 nitrogen and oxygen atoms in total. The lowest BCUT2D eigenvalue weighted by Crippen LogP contribution is -2.52. The van der Waals surface area contributed by atoms with E-state index in [2.05, 4.69) is 10.3 Å². The van der Waals surface area contributed by atoms with Gasteiger partial charge in [-0.25, -0.2) is 4.99 Å². The first kappa shape index (κ1) is 24.1. The van der Waals surface area contributed by atoms with Crippen LogP contribution in [0.4, 0.5) is 11.4 Å². The Morgan fingerprint density at radius 1 is 1.11 bits per heavy atom. The molecular formula is C28H32N4O4. The van der Waals surface area contributed by atoms with Crippen LogP contribution in [0, 0.1) is 0 Å². The minimum Gasteiger partial charge on any atom is -0.467 e. The molecule has 0 bridgehead atoms. The van der Waals surface area contributed by atoms with Crippen LogP contribution in [-0.2, 0) is 17.8 Å². The second-order valence-electron chi connectivity index (χ2n) is 9.59. The van der Waals surface area contributed by atoms with Gasteiger partial charge >= 0.3 is 0 Å². The molecule has 1 amide bonds. The largest absolute Gasteiger partial charge is 0.467 e. The molecule has 1 saturated heterocycles. The first-order chi connectivity index (χ1) is 17.5.